The molecule has 0 spiro atoms. The van der Waals surface area contributed by atoms with Gasteiger partial charge in [0.05, 0.1) is 4.88 Å². The minimum atomic E-state index is 0.275. The van der Waals surface area contributed by atoms with Gasteiger partial charge in [0.25, 0.3) is 0 Å². The Morgan fingerprint density at radius 1 is 1.47 bits per heavy atom. The van der Waals surface area contributed by atoms with Crippen LogP contribution in [0.1, 0.15) is 28.9 Å². The molecule has 1 N–H and O–H groups in total. The number of thiophene rings is 1. The third-order valence-electron chi connectivity index (χ3n) is 2.31. The Hall–Kier alpha value is -0.870. The first-order valence-corrected chi connectivity index (χ1v) is 6.01. The number of hydrogen-bond acceptors (Lipinski definition) is 4. The molecular formula is C11H17NO2S. The molecule has 0 fully saturated rings. The van der Waals surface area contributed by atoms with Gasteiger partial charge in [-0.25, -0.2) is 0 Å². The molecule has 1 rings (SSSR count). The zero-order chi connectivity index (χ0) is 11.1. The molecule has 0 unspecified atom stereocenters. The van der Waals surface area contributed by atoms with Crippen LogP contribution in [0, 0.1) is 0 Å². The molecule has 0 radical (unpaired) electrons. The Kier molecular flexibility index (Phi) is 5.36. The molecule has 0 amide bonds. The Bertz CT molecular complexity index is 299. The van der Waals surface area contributed by atoms with Crippen molar-refractivity contribution in [1.29, 1.82) is 0 Å². The van der Waals surface area contributed by atoms with Gasteiger partial charge in [-0.2, -0.15) is 0 Å². The van der Waals surface area contributed by atoms with Crippen LogP contribution in [-0.2, 0) is 0 Å². The van der Waals surface area contributed by atoms with Gasteiger partial charge in [0.2, 0.25) is 0 Å². The lowest BCUT2D eigenvalue weighted by atomic mass is 10.2. The first-order valence-electron chi connectivity index (χ1n) is 5.13. The Labute approximate surface area is 94.3 Å². The van der Waals surface area contributed by atoms with Crippen LogP contribution >= 0.6 is 11.3 Å². The second-order valence-electron chi connectivity index (χ2n) is 3.53. The fourth-order valence-corrected chi connectivity index (χ4v) is 2.12. The molecule has 0 bridgehead atoms. The van der Waals surface area contributed by atoms with E-state index < -0.39 is 0 Å². The number of aliphatic hydroxyl groups is 1. The summed E-state index contributed by atoms with van der Waals surface area (Å²) in [6.45, 7) is 1.24. The number of anilines is 1. The van der Waals surface area contributed by atoms with Gasteiger partial charge in [-0.3, -0.25) is 4.79 Å². The molecule has 0 atom stereocenters. The number of carbonyl (C=O) groups excluding carboxylic acids is 1. The van der Waals surface area contributed by atoms with Crippen molar-refractivity contribution in [3.63, 3.8) is 0 Å². The van der Waals surface area contributed by atoms with E-state index in [1.54, 1.807) is 0 Å². The van der Waals surface area contributed by atoms with Crippen LogP contribution in [0.15, 0.2) is 11.4 Å². The van der Waals surface area contributed by atoms with Crippen molar-refractivity contribution in [2.45, 2.75) is 19.3 Å². The zero-order valence-electron chi connectivity index (χ0n) is 8.98. The summed E-state index contributed by atoms with van der Waals surface area (Å²) < 4.78 is 0. The quantitative estimate of drug-likeness (QED) is 0.573. The molecule has 1 aromatic heterocycles. The lowest BCUT2D eigenvalue weighted by molar-refractivity contribution is 0.112. The van der Waals surface area contributed by atoms with Crippen molar-refractivity contribution in [1.82, 2.24) is 0 Å². The first-order chi connectivity index (χ1) is 7.27. The van der Waals surface area contributed by atoms with Crippen molar-refractivity contribution in [3.8, 4) is 0 Å². The molecule has 0 aliphatic heterocycles. The molecule has 0 saturated carbocycles. The molecule has 1 aromatic rings. The van der Waals surface area contributed by atoms with Crippen molar-refractivity contribution < 1.29 is 9.90 Å². The highest BCUT2D eigenvalue weighted by Gasteiger charge is 2.03. The van der Waals surface area contributed by atoms with E-state index in [9.17, 15) is 4.79 Å². The molecule has 3 nitrogen and oxygen atoms in total. The number of carbonyl (C=O) groups is 1. The Morgan fingerprint density at radius 2 is 2.27 bits per heavy atom. The summed E-state index contributed by atoms with van der Waals surface area (Å²) in [6.07, 6.45) is 3.87. The molecule has 0 saturated heterocycles. The summed E-state index contributed by atoms with van der Waals surface area (Å²) in [5, 5.41) is 10.6. The lowest BCUT2D eigenvalue weighted by Gasteiger charge is -2.16. The van der Waals surface area contributed by atoms with Gasteiger partial charge in [0.1, 0.15) is 0 Å². The average molecular weight is 227 g/mol. The molecule has 0 aliphatic rings. The summed E-state index contributed by atoms with van der Waals surface area (Å²) >= 11 is 1.47. The van der Waals surface area contributed by atoms with Gasteiger partial charge in [0.15, 0.2) is 6.29 Å². The minimum absolute atomic E-state index is 0.275. The van der Waals surface area contributed by atoms with Crippen LogP contribution in [-0.4, -0.2) is 31.6 Å². The Morgan fingerprint density at radius 3 is 2.87 bits per heavy atom. The molecule has 15 heavy (non-hydrogen) atoms. The first kappa shape index (κ1) is 12.2. The maximum Gasteiger partial charge on any atom is 0.160 e. The van der Waals surface area contributed by atoms with Crippen molar-refractivity contribution in [2.75, 3.05) is 25.1 Å². The van der Waals surface area contributed by atoms with E-state index in [2.05, 4.69) is 4.90 Å². The topological polar surface area (TPSA) is 40.5 Å². The minimum Gasteiger partial charge on any atom is -0.396 e. The fourth-order valence-electron chi connectivity index (χ4n) is 1.37. The van der Waals surface area contributed by atoms with Crippen LogP contribution in [0.3, 0.4) is 0 Å². The lowest BCUT2D eigenvalue weighted by Crippen LogP contribution is -2.17. The number of aldehydes is 1. The highest BCUT2D eigenvalue weighted by Crippen LogP contribution is 2.21. The normalized spacial score (nSPS) is 10.3. The van der Waals surface area contributed by atoms with E-state index in [-0.39, 0.29) is 6.61 Å². The largest absolute Gasteiger partial charge is 0.396 e. The van der Waals surface area contributed by atoms with Gasteiger partial charge >= 0.3 is 0 Å². The maximum absolute atomic E-state index is 10.5. The second-order valence-corrected chi connectivity index (χ2v) is 4.47. The van der Waals surface area contributed by atoms with Gasteiger partial charge in [-0.05, 0) is 25.3 Å². The van der Waals surface area contributed by atoms with Crippen LogP contribution in [0.2, 0.25) is 0 Å². The summed E-state index contributed by atoms with van der Waals surface area (Å²) in [5.74, 6) is 0. The van der Waals surface area contributed by atoms with Crippen LogP contribution < -0.4 is 4.90 Å². The number of nitrogens with zero attached hydrogens (tertiary/aromatic N) is 1. The number of aliphatic hydroxyl groups excluding tert-OH is 1. The smallest absolute Gasteiger partial charge is 0.160 e. The van der Waals surface area contributed by atoms with E-state index in [0.29, 0.717) is 0 Å². The fraction of sp³-hybridized carbons (Fsp3) is 0.545. The molecule has 1 heterocycles. The third kappa shape index (κ3) is 4.01. The Balaban J connectivity index is 2.32. The van der Waals surface area contributed by atoms with E-state index in [0.717, 1.165) is 42.7 Å². The van der Waals surface area contributed by atoms with E-state index in [1.165, 1.54) is 11.3 Å². The maximum atomic E-state index is 10.5. The van der Waals surface area contributed by atoms with Gasteiger partial charge in [0, 0.05) is 31.3 Å². The standard InChI is InChI=1S/C11H17NO2S/c1-12(5-3-2-4-6-13)10-7-11(8-14)15-9-10/h7-9,13H,2-6H2,1H3. The highest BCUT2D eigenvalue weighted by atomic mass is 32.1. The van der Waals surface area contributed by atoms with E-state index in [1.807, 2.05) is 18.5 Å². The number of rotatable bonds is 7. The van der Waals surface area contributed by atoms with Gasteiger partial charge in [-0.1, -0.05) is 0 Å². The third-order valence-corrected chi connectivity index (χ3v) is 3.16. The summed E-state index contributed by atoms with van der Waals surface area (Å²) in [7, 11) is 2.02. The predicted octanol–water partition coefficient (Wildman–Crippen LogP) is 2.16. The molecular weight excluding hydrogens is 210 g/mol. The van der Waals surface area contributed by atoms with Gasteiger partial charge < -0.3 is 10.0 Å². The van der Waals surface area contributed by atoms with Crippen molar-refractivity contribution in [3.05, 3.63) is 16.3 Å². The second kappa shape index (κ2) is 6.58. The molecule has 4 heteroatoms. The van der Waals surface area contributed by atoms with Crippen LogP contribution in [0.5, 0.6) is 0 Å². The summed E-state index contributed by atoms with van der Waals surface area (Å²) in [4.78, 5) is 13.4. The molecule has 0 aromatic carbocycles. The van der Waals surface area contributed by atoms with Crippen molar-refractivity contribution >= 4 is 23.3 Å². The highest BCUT2D eigenvalue weighted by molar-refractivity contribution is 7.12. The zero-order valence-corrected chi connectivity index (χ0v) is 9.80. The molecule has 0 aliphatic carbocycles. The summed E-state index contributed by atoms with van der Waals surface area (Å²) in [6, 6.07) is 1.91. The average Bonchev–Trinajstić information content (AvgIpc) is 2.72. The SMILES string of the molecule is CN(CCCCCO)c1csc(C=O)c1. The molecule has 84 valence electrons. The monoisotopic (exact) mass is 227 g/mol. The van der Waals surface area contributed by atoms with E-state index in [4.69, 9.17) is 5.11 Å². The van der Waals surface area contributed by atoms with Crippen LogP contribution in [0.4, 0.5) is 5.69 Å². The van der Waals surface area contributed by atoms with Gasteiger partial charge in [-0.15, -0.1) is 11.3 Å². The van der Waals surface area contributed by atoms with Crippen molar-refractivity contribution in [2.24, 2.45) is 0 Å². The number of hydrogen-bond donors (Lipinski definition) is 1. The van der Waals surface area contributed by atoms with Crippen LogP contribution in [0.25, 0.3) is 0 Å². The summed E-state index contributed by atoms with van der Waals surface area (Å²) in [5.41, 5.74) is 1.10. The van der Waals surface area contributed by atoms with E-state index >= 15 is 0 Å². The predicted molar refractivity (Wildman–Crippen MR) is 63.9 cm³/mol. The number of unbranched alkanes of at least 4 members (excludes halogenated alkanes) is 2.